The molecule has 1 fully saturated rings. The highest BCUT2D eigenvalue weighted by Crippen LogP contribution is 2.20. The molecule has 0 radical (unpaired) electrons. The zero-order valence-corrected chi connectivity index (χ0v) is 12.9. The van der Waals surface area contributed by atoms with Crippen LogP contribution in [-0.4, -0.2) is 40.4 Å². The molecule has 1 N–H and O–H groups in total. The molecule has 112 valence electrons. The molecule has 0 spiro atoms. The Morgan fingerprint density at radius 2 is 2.24 bits per heavy atom. The summed E-state index contributed by atoms with van der Waals surface area (Å²) in [5, 5.41) is 7.96. The zero-order chi connectivity index (χ0) is 14.7. The van der Waals surface area contributed by atoms with Crippen molar-refractivity contribution in [3.63, 3.8) is 0 Å². The van der Waals surface area contributed by atoms with Crippen LogP contribution >= 0.6 is 0 Å². The Labute approximate surface area is 126 Å². The summed E-state index contributed by atoms with van der Waals surface area (Å²) in [4.78, 5) is 2.44. The van der Waals surface area contributed by atoms with E-state index in [-0.39, 0.29) is 0 Å². The maximum atomic E-state index is 4.27. The Morgan fingerprint density at radius 3 is 3.00 bits per heavy atom. The minimum absolute atomic E-state index is 0.580. The lowest BCUT2D eigenvalue weighted by atomic mass is 9.98. The van der Waals surface area contributed by atoms with Crippen molar-refractivity contribution in [2.24, 2.45) is 0 Å². The molecule has 4 heteroatoms. The fourth-order valence-corrected chi connectivity index (χ4v) is 3.00. The Balaban J connectivity index is 1.63. The second kappa shape index (κ2) is 6.31. The van der Waals surface area contributed by atoms with E-state index in [1.807, 2.05) is 23.1 Å². The van der Waals surface area contributed by atoms with Gasteiger partial charge in [-0.3, -0.25) is 4.68 Å². The first kappa shape index (κ1) is 14.1. The summed E-state index contributed by atoms with van der Waals surface area (Å²) in [6, 6.07) is 11.9. The molecule has 0 saturated carbocycles. The van der Waals surface area contributed by atoms with Crippen molar-refractivity contribution < 1.29 is 0 Å². The van der Waals surface area contributed by atoms with Gasteiger partial charge in [-0.15, -0.1) is 0 Å². The van der Waals surface area contributed by atoms with Crippen LogP contribution in [0.2, 0.25) is 0 Å². The predicted molar refractivity (Wildman–Crippen MR) is 86.5 cm³/mol. The van der Waals surface area contributed by atoms with Crippen LogP contribution in [0, 0.1) is 0 Å². The van der Waals surface area contributed by atoms with Gasteiger partial charge in [0.1, 0.15) is 0 Å². The van der Waals surface area contributed by atoms with Gasteiger partial charge in [0, 0.05) is 36.7 Å². The Kier molecular flexibility index (Phi) is 4.25. The third kappa shape index (κ3) is 3.64. The summed E-state index contributed by atoms with van der Waals surface area (Å²) < 4.78 is 1.96. The molecule has 1 aromatic carbocycles. The highest BCUT2D eigenvalue weighted by atomic mass is 15.3. The molecule has 21 heavy (non-hydrogen) atoms. The second-order valence-corrected chi connectivity index (χ2v) is 6.10. The van der Waals surface area contributed by atoms with E-state index in [0.29, 0.717) is 12.1 Å². The van der Waals surface area contributed by atoms with Gasteiger partial charge in [-0.2, -0.15) is 5.10 Å². The van der Waals surface area contributed by atoms with Gasteiger partial charge >= 0.3 is 0 Å². The number of benzene rings is 1. The van der Waals surface area contributed by atoms with E-state index in [2.05, 4.69) is 53.6 Å². The second-order valence-electron chi connectivity index (χ2n) is 6.10. The van der Waals surface area contributed by atoms with Crippen molar-refractivity contribution in [3.8, 4) is 0 Å². The number of hydrogen-bond acceptors (Lipinski definition) is 3. The SMILES string of the molecule is CC1CC(Nc2cccc(Cn3cccn3)c2)CCN1C. The van der Waals surface area contributed by atoms with E-state index in [1.54, 1.807) is 0 Å². The molecule has 0 aliphatic carbocycles. The third-order valence-electron chi connectivity index (χ3n) is 4.41. The van der Waals surface area contributed by atoms with Gasteiger partial charge < -0.3 is 10.2 Å². The fourth-order valence-electron chi connectivity index (χ4n) is 3.00. The third-order valence-corrected chi connectivity index (χ3v) is 4.41. The minimum atomic E-state index is 0.580. The van der Waals surface area contributed by atoms with Gasteiger partial charge in [0.15, 0.2) is 0 Å². The monoisotopic (exact) mass is 284 g/mol. The van der Waals surface area contributed by atoms with Crippen molar-refractivity contribution in [1.29, 1.82) is 0 Å². The lowest BCUT2D eigenvalue weighted by Crippen LogP contribution is -2.42. The molecular weight excluding hydrogens is 260 g/mol. The number of aromatic nitrogens is 2. The number of nitrogens with one attached hydrogen (secondary N) is 1. The maximum Gasteiger partial charge on any atom is 0.0660 e. The zero-order valence-electron chi connectivity index (χ0n) is 12.9. The number of likely N-dealkylation sites (tertiary alicyclic amines) is 1. The molecule has 0 bridgehead atoms. The molecule has 1 saturated heterocycles. The van der Waals surface area contributed by atoms with Gasteiger partial charge in [-0.25, -0.2) is 0 Å². The van der Waals surface area contributed by atoms with E-state index in [1.165, 1.54) is 30.6 Å². The van der Waals surface area contributed by atoms with Gasteiger partial charge in [0.25, 0.3) is 0 Å². The molecule has 2 atom stereocenters. The summed E-state index contributed by atoms with van der Waals surface area (Å²) in [5.74, 6) is 0. The summed E-state index contributed by atoms with van der Waals surface area (Å²) in [6.45, 7) is 4.31. The molecule has 2 unspecified atom stereocenters. The van der Waals surface area contributed by atoms with Crippen LogP contribution in [0.3, 0.4) is 0 Å². The van der Waals surface area contributed by atoms with E-state index in [9.17, 15) is 0 Å². The first-order valence-corrected chi connectivity index (χ1v) is 7.74. The van der Waals surface area contributed by atoms with Crippen LogP contribution in [0.1, 0.15) is 25.3 Å². The van der Waals surface area contributed by atoms with Gasteiger partial charge in [0.05, 0.1) is 6.54 Å². The van der Waals surface area contributed by atoms with Crippen LogP contribution < -0.4 is 5.32 Å². The molecule has 1 aliphatic heterocycles. The molecular formula is C17H24N4. The molecule has 0 amide bonds. The average Bonchev–Trinajstić information content (AvgIpc) is 2.96. The topological polar surface area (TPSA) is 33.1 Å². The standard InChI is InChI=1S/C17H24N4/c1-14-11-17(7-10-20(14)2)19-16-6-3-5-15(12-16)13-21-9-4-8-18-21/h3-6,8-9,12,14,17,19H,7,10-11,13H2,1-2H3. The van der Waals surface area contributed by atoms with Gasteiger partial charge in [0.2, 0.25) is 0 Å². The highest BCUT2D eigenvalue weighted by Gasteiger charge is 2.22. The summed E-state index contributed by atoms with van der Waals surface area (Å²) in [6.07, 6.45) is 6.24. The van der Waals surface area contributed by atoms with Gasteiger partial charge in [-0.05, 0) is 50.6 Å². The maximum absolute atomic E-state index is 4.27. The highest BCUT2D eigenvalue weighted by molar-refractivity contribution is 5.46. The summed E-state index contributed by atoms with van der Waals surface area (Å²) in [7, 11) is 2.21. The van der Waals surface area contributed by atoms with Crippen molar-refractivity contribution in [2.75, 3.05) is 18.9 Å². The van der Waals surface area contributed by atoms with Crippen LogP contribution in [0.25, 0.3) is 0 Å². The Morgan fingerprint density at radius 1 is 1.33 bits per heavy atom. The molecule has 4 nitrogen and oxygen atoms in total. The van der Waals surface area contributed by atoms with E-state index in [4.69, 9.17) is 0 Å². The van der Waals surface area contributed by atoms with Crippen LogP contribution in [-0.2, 0) is 6.54 Å². The summed E-state index contributed by atoms with van der Waals surface area (Å²) >= 11 is 0. The van der Waals surface area contributed by atoms with E-state index < -0.39 is 0 Å². The summed E-state index contributed by atoms with van der Waals surface area (Å²) in [5.41, 5.74) is 2.51. The van der Waals surface area contributed by atoms with E-state index in [0.717, 1.165) is 6.54 Å². The quantitative estimate of drug-likeness (QED) is 0.937. The number of hydrogen-bond donors (Lipinski definition) is 1. The molecule has 1 aromatic heterocycles. The lowest BCUT2D eigenvalue weighted by molar-refractivity contribution is 0.190. The largest absolute Gasteiger partial charge is 0.382 e. The smallest absolute Gasteiger partial charge is 0.0660 e. The Bertz CT molecular complexity index is 564. The van der Waals surface area contributed by atoms with Crippen molar-refractivity contribution in [3.05, 3.63) is 48.3 Å². The van der Waals surface area contributed by atoms with Crippen LogP contribution in [0.15, 0.2) is 42.7 Å². The van der Waals surface area contributed by atoms with Crippen LogP contribution in [0.5, 0.6) is 0 Å². The first-order valence-electron chi connectivity index (χ1n) is 7.74. The van der Waals surface area contributed by atoms with Gasteiger partial charge in [-0.1, -0.05) is 12.1 Å². The number of rotatable bonds is 4. The van der Waals surface area contributed by atoms with E-state index >= 15 is 0 Å². The Hall–Kier alpha value is -1.81. The number of anilines is 1. The van der Waals surface area contributed by atoms with Crippen LogP contribution in [0.4, 0.5) is 5.69 Å². The molecule has 2 aromatic rings. The van der Waals surface area contributed by atoms with Crippen molar-refractivity contribution >= 4 is 5.69 Å². The number of nitrogens with zero attached hydrogens (tertiary/aromatic N) is 3. The lowest BCUT2D eigenvalue weighted by Gasteiger charge is -2.35. The molecule has 3 rings (SSSR count). The number of piperidine rings is 1. The molecule has 2 heterocycles. The fraction of sp³-hybridized carbons (Fsp3) is 0.471. The van der Waals surface area contributed by atoms with Crippen molar-refractivity contribution in [1.82, 2.24) is 14.7 Å². The molecule has 1 aliphatic rings. The average molecular weight is 284 g/mol. The normalized spacial score (nSPS) is 23.1. The van der Waals surface area contributed by atoms with Crippen molar-refractivity contribution in [2.45, 2.75) is 38.4 Å². The predicted octanol–water partition coefficient (Wildman–Crippen LogP) is 2.83. The minimum Gasteiger partial charge on any atom is -0.382 e. The first-order chi connectivity index (χ1) is 10.2.